The van der Waals surface area contributed by atoms with Crippen LogP contribution in [0.15, 0.2) is 85.2 Å². The van der Waals surface area contributed by atoms with Crippen molar-refractivity contribution in [2.75, 3.05) is 114 Å². The Bertz CT molecular complexity index is 2440. The zero-order chi connectivity index (χ0) is 45.7. The van der Waals surface area contributed by atoms with E-state index >= 15 is 0 Å². The third-order valence-corrected chi connectivity index (χ3v) is 12.3. The number of aromatic nitrogens is 4. The first-order valence-electron chi connectivity index (χ1n) is 21.4. The van der Waals surface area contributed by atoms with Gasteiger partial charge in [0.1, 0.15) is 11.6 Å². The van der Waals surface area contributed by atoms with Crippen molar-refractivity contribution in [3.8, 4) is 0 Å². The molecule has 0 radical (unpaired) electrons. The molecule has 0 bridgehead atoms. The van der Waals surface area contributed by atoms with E-state index in [9.17, 15) is 9.59 Å². The van der Waals surface area contributed by atoms with E-state index < -0.39 is 0 Å². The first-order chi connectivity index (χ1) is 30.7. The summed E-state index contributed by atoms with van der Waals surface area (Å²) in [5, 5.41) is 1.36. The van der Waals surface area contributed by atoms with Gasteiger partial charge in [-0.2, -0.15) is 0 Å². The van der Waals surface area contributed by atoms with Gasteiger partial charge < -0.3 is 38.9 Å². The van der Waals surface area contributed by atoms with Gasteiger partial charge in [-0.15, -0.1) is 0 Å². The molecule has 64 heavy (non-hydrogen) atoms. The molecule has 2 amide bonds. The van der Waals surface area contributed by atoms with E-state index in [2.05, 4.69) is 33.4 Å². The monoisotopic (exact) mass is 906 g/mol. The molecule has 336 valence electrons. The van der Waals surface area contributed by atoms with Gasteiger partial charge in [0, 0.05) is 112 Å². The minimum absolute atomic E-state index is 0.0650. The van der Waals surface area contributed by atoms with E-state index in [1.165, 1.54) is 0 Å². The summed E-state index contributed by atoms with van der Waals surface area (Å²) in [6, 6.07) is 22.9. The first kappa shape index (κ1) is 46.2. The van der Waals surface area contributed by atoms with Crippen LogP contribution in [0.1, 0.15) is 57.8 Å². The Hall–Kier alpha value is -5.80. The van der Waals surface area contributed by atoms with E-state index in [-0.39, 0.29) is 23.9 Å². The lowest BCUT2D eigenvalue weighted by atomic mass is 10.00. The molecule has 14 nitrogen and oxygen atoms in total. The van der Waals surface area contributed by atoms with Crippen LogP contribution in [0, 0.1) is 0 Å². The molecular weight excluding hydrogens is 851 g/mol. The van der Waals surface area contributed by atoms with E-state index in [4.69, 9.17) is 52.6 Å². The number of amides is 2. The number of nitrogens with zero attached hydrogens (tertiary/aromatic N) is 10. The number of hydrogen-bond donors (Lipinski definition) is 0. The number of morpholine rings is 2. The van der Waals surface area contributed by atoms with Gasteiger partial charge in [0.15, 0.2) is 0 Å². The standard InChI is InChI=1S/2C24H28ClN5O2/c2*1-16(29(4)19-7-5-6-18(25)14-19)20-12-17(24(31)28(2)3)13-21-23(20)27-22(15-26-21)30-8-10-32-11-9-30/h2*5-7,12-16H,8-11H2,1-4H3. The quantitative estimate of drug-likeness (QED) is 0.132. The highest BCUT2D eigenvalue weighted by molar-refractivity contribution is 6.31. The highest BCUT2D eigenvalue weighted by atomic mass is 35.5. The number of anilines is 4. The molecule has 6 aromatic rings. The normalized spacial score (nSPS) is 15.0. The largest absolute Gasteiger partial charge is 0.378 e. The second-order valence-electron chi connectivity index (χ2n) is 16.5. The highest BCUT2D eigenvalue weighted by Gasteiger charge is 2.24. The maximum Gasteiger partial charge on any atom is 0.253 e. The van der Waals surface area contributed by atoms with Crippen molar-refractivity contribution >= 4 is 80.1 Å². The van der Waals surface area contributed by atoms with Crippen LogP contribution in [0.25, 0.3) is 22.1 Å². The second kappa shape index (κ2) is 20.4. The summed E-state index contributed by atoms with van der Waals surface area (Å²) >= 11 is 12.5. The smallest absolute Gasteiger partial charge is 0.253 e. The Morgan fingerprint density at radius 3 is 1.30 bits per heavy atom. The molecule has 8 rings (SSSR count). The van der Waals surface area contributed by atoms with Crippen LogP contribution in [0.2, 0.25) is 10.0 Å². The molecule has 4 aromatic carbocycles. The number of ether oxygens (including phenoxy) is 2. The Balaban J connectivity index is 0.000000191. The average Bonchev–Trinajstić information content (AvgIpc) is 3.32. The van der Waals surface area contributed by atoms with Crippen molar-refractivity contribution in [3.63, 3.8) is 0 Å². The summed E-state index contributed by atoms with van der Waals surface area (Å²) in [6.45, 7) is 10.0. The SMILES string of the molecule is CC(c1cc(C(=O)N(C)C)cc2ncc(N3CCOCC3)nc12)N(C)c1cccc(Cl)c1.CC(c1cc(C(=O)N(C)C)cc2ncc(N3CCOCC3)nc12)N(C)c1cccc(Cl)c1. The minimum Gasteiger partial charge on any atom is -0.378 e. The Morgan fingerprint density at radius 2 is 0.953 bits per heavy atom. The zero-order valence-electron chi connectivity index (χ0n) is 37.8. The van der Waals surface area contributed by atoms with Gasteiger partial charge in [-0.3, -0.25) is 19.6 Å². The molecule has 2 aromatic heterocycles. The summed E-state index contributed by atoms with van der Waals surface area (Å²) in [4.78, 5) is 56.7. The van der Waals surface area contributed by atoms with Gasteiger partial charge in [0.2, 0.25) is 0 Å². The summed E-state index contributed by atoms with van der Waals surface area (Å²) < 4.78 is 11.0. The van der Waals surface area contributed by atoms with E-state index in [1.54, 1.807) is 50.4 Å². The molecule has 2 aliphatic heterocycles. The number of rotatable bonds is 10. The Kier molecular flexibility index (Phi) is 14.7. The predicted octanol–water partition coefficient (Wildman–Crippen LogP) is 8.04. The fraction of sp³-hybridized carbons (Fsp3) is 0.375. The van der Waals surface area contributed by atoms with Gasteiger partial charge in [0.25, 0.3) is 11.8 Å². The van der Waals surface area contributed by atoms with Gasteiger partial charge in [-0.25, -0.2) is 9.97 Å². The van der Waals surface area contributed by atoms with Crippen LogP contribution in [-0.4, -0.2) is 136 Å². The molecule has 2 saturated heterocycles. The maximum absolute atomic E-state index is 12.8. The van der Waals surface area contributed by atoms with Crippen LogP contribution in [0.5, 0.6) is 0 Å². The molecule has 4 heterocycles. The van der Waals surface area contributed by atoms with Crippen LogP contribution >= 0.6 is 23.2 Å². The molecular formula is C48H56Cl2N10O4. The third kappa shape index (κ3) is 10.4. The summed E-state index contributed by atoms with van der Waals surface area (Å²) in [7, 11) is 11.0. The van der Waals surface area contributed by atoms with Crippen molar-refractivity contribution in [2.45, 2.75) is 25.9 Å². The van der Waals surface area contributed by atoms with Crippen LogP contribution in [0.4, 0.5) is 23.0 Å². The molecule has 2 fully saturated rings. The lowest BCUT2D eigenvalue weighted by molar-refractivity contribution is 0.0820. The molecule has 2 aliphatic rings. The van der Waals surface area contributed by atoms with Crippen LogP contribution in [-0.2, 0) is 9.47 Å². The lowest BCUT2D eigenvalue weighted by Gasteiger charge is -2.30. The van der Waals surface area contributed by atoms with Gasteiger partial charge >= 0.3 is 0 Å². The number of fused-ring (bicyclic) bond motifs is 2. The molecule has 0 N–H and O–H groups in total. The molecule has 16 heteroatoms. The molecule has 0 saturated carbocycles. The van der Waals surface area contributed by atoms with Gasteiger partial charge in [-0.1, -0.05) is 35.3 Å². The Labute approximate surface area is 385 Å². The zero-order valence-corrected chi connectivity index (χ0v) is 39.3. The molecule has 2 atom stereocenters. The second-order valence-corrected chi connectivity index (χ2v) is 17.3. The van der Waals surface area contributed by atoms with Gasteiger partial charge in [0.05, 0.1) is 73.0 Å². The summed E-state index contributed by atoms with van der Waals surface area (Å²) in [5.41, 5.74) is 8.05. The van der Waals surface area contributed by atoms with Crippen LogP contribution in [0.3, 0.4) is 0 Å². The number of hydrogen-bond acceptors (Lipinski definition) is 12. The average molecular weight is 908 g/mol. The maximum atomic E-state index is 12.8. The number of benzene rings is 4. The third-order valence-electron chi connectivity index (χ3n) is 11.8. The first-order valence-corrected chi connectivity index (χ1v) is 22.1. The summed E-state index contributed by atoms with van der Waals surface area (Å²) in [6.07, 6.45) is 3.57. The Morgan fingerprint density at radius 1 is 0.578 bits per heavy atom. The van der Waals surface area contributed by atoms with E-state index in [1.807, 2.05) is 86.9 Å². The fourth-order valence-electron chi connectivity index (χ4n) is 7.81. The fourth-order valence-corrected chi connectivity index (χ4v) is 8.18. The van der Waals surface area contributed by atoms with E-state index in [0.29, 0.717) is 58.6 Å². The number of carbonyl (C=O) groups excluding carboxylic acids is 2. The number of halogens is 2. The van der Waals surface area contributed by atoms with Crippen molar-refractivity contribution in [1.82, 2.24) is 29.7 Å². The lowest BCUT2D eigenvalue weighted by Crippen LogP contribution is -2.36. The van der Waals surface area contributed by atoms with E-state index in [0.717, 1.165) is 71.3 Å². The van der Waals surface area contributed by atoms with Gasteiger partial charge in [-0.05, 0) is 74.5 Å². The van der Waals surface area contributed by atoms with Crippen molar-refractivity contribution in [3.05, 3.63) is 117 Å². The molecule has 2 unspecified atom stereocenters. The predicted molar refractivity (Wildman–Crippen MR) is 258 cm³/mol. The molecule has 0 aliphatic carbocycles. The van der Waals surface area contributed by atoms with Crippen molar-refractivity contribution in [1.29, 1.82) is 0 Å². The highest BCUT2D eigenvalue weighted by Crippen LogP contribution is 2.34. The number of carbonyl (C=O) groups is 2. The van der Waals surface area contributed by atoms with Crippen LogP contribution < -0.4 is 19.6 Å². The topological polar surface area (TPSA) is 124 Å². The van der Waals surface area contributed by atoms with Crippen molar-refractivity contribution < 1.29 is 19.1 Å². The minimum atomic E-state index is -0.0693. The molecule has 0 spiro atoms. The summed E-state index contributed by atoms with van der Waals surface area (Å²) in [5.74, 6) is 1.52. The van der Waals surface area contributed by atoms with Crippen molar-refractivity contribution in [2.24, 2.45) is 0 Å².